The molecule has 7 N–H and O–H groups in total. The quantitative estimate of drug-likeness (QED) is 0.216. The lowest BCUT2D eigenvalue weighted by molar-refractivity contribution is -0.133. The van der Waals surface area contributed by atoms with Crippen molar-refractivity contribution in [3.63, 3.8) is 0 Å². The summed E-state index contributed by atoms with van der Waals surface area (Å²) in [7, 11) is -2.80. The van der Waals surface area contributed by atoms with E-state index in [2.05, 4.69) is 9.71 Å². The molecule has 1 aliphatic heterocycles. The highest BCUT2D eigenvalue weighted by Gasteiger charge is 2.30. The van der Waals surface area contributed by atoms with Crippen LogP contribution in [0.3, 0.4) is 0 Å². The van der Waals surface area contributed by atoms with Crippen molar-refractivity contribution in [2.75, 3.05) is 20.2 Å². The molecular formula is C29H40N6O6S. The number of carbonyl (C=O) groups excluding carboxylic acids is 3. The molecule has 0 aliphatic carbocycles. The van der Waals surface area contributed by atoms with Gasteiger partial charge >= 0.3 is 0 Å². The summed E-state index contributed by atoms with van der Waals surface area (Å²) in [5.41, 5.74) is 20.2. The number of hydrogen-bond donors (Lipinski definition) is 4. The molecule has 3 amide bonds. The predicted octanol–water partition coefficient (Wildman–Crippen LogP) is 0.957. The molecule has 2 aromatic rings. The van der Waals surface area contributed by atoms with Gasteiger partial charge in [-0.25, -0.2) is 8.42 Å². The molecule has 42 heavy (non-hydrogen) atoms. The number of benzene rings is 2. The Labute approximate surface area is 246 Å². The van der Waals surface area contributed by atoms with Crippen molar-refractivity contribution >= 4 is 33.6 Å². The zero-order chi connectivity index (χ0) is 31.2. The van der Waals surface area contributed by atoms with Gasteiger partial charge < -0.3 is 26.8 Å². The van der Waals surface area contributed by atoms with Crippen molar-refractivity contribution in [2.45, 2.75) is 69.9 Å². The summed E-state index contributed by atoms with van der Waals surface area (Å²) in [6.45, 7) is 6.39. The molecule has 1 heterocycles. The summed E-state index contributed by atoms with van der Waals surface area (Å²) >= 11 is 0. The Balaban J connectivity index is 1.77. The van der Waals surface area contributed by atoms with Gasteiger partial charge in [-0.2, -0.15) is 9.71 Å². The summed E-state index contributed by atoms with van der Waals surface area (Å²) < 4.78 is 34.3. The third-order valence-corrected chi connectivity index (χ3v) is 9.15. The predicted molar refractivity (Wildman–Crippen MR) is 159 cm³/mol. The molecule has 1 saturated heterocycles. The lowest BCUT2D eigenvalue weighted by Crippen LogP contribution is -2.46. The second-order valence-corrected chi connectivity index (χ2v) is 12.2. The largest absolute Gasteiger partial charge is 0.496 e. The molecule has 0 aromatic heterocycles. The number of nitrogens with two attached hydrogens (primary N) is 3. The van der Waals surface area contributed by atoms with Crippen LogP contribution in [0.1, 0.15) is 53.5 Å². The van der Waals surface area contributed by atoms with Gasteiger partial charge in [0.25, 0.3) is 5.91 Å². The van der Waals surface area contributed by atoms with E-state index in [0.717, 1.165) is 37.9 Å². The number of piperidine rings is 1. The highest BCUT2D eigenvalue weighted by molar-refractivity contribution is 7.89. The SMILES string of the molecule is COc1cc(C)c(S(=O)(=O)N[C@@H](CC(N)=O)C(=O)N=C(N)c2ccc(C[C@@H](N)C(=O)N3CCCCC3)cc2)c(C)c1C. The van der Waals surface area contributed by atoms with Gasteiger partial charge in [-0.15, -0.1) is 0 Å². The number of primary amides is 1. The fourth-order valence-corrected chi connectivity index (χ4v) is 6.75. The van der Waals surface area contributed by atoms with E-state index in [1.165, 1.54) is 7.11 Å². The van der Waals surface area contributed by atoms with Crippen molar-refractivity contribution in [3.05, 3.63) is 58.1 Å². The number of amidine groups is 1. The first-order valence-electron chi connectivity index (χ1n) is 13.7. The summed E-state index contributed by atoms with van der Waals surface area (Å²) in [4.78, 5) is 43.1. The third kappa shape index (κ3) is 7.93. The van der Waals surface area contributed by atoms with Crippen molar-refractivity contribution in [2.24, 2.45) is 22.2 Å². The maximum absolute atomic E-state index is 13.4. The molecule has 3 rings (SSSR count). The van der Waals surface area contributed by atoms with Crippen LogP contribution in [0.25, 0.3) is 0 Å². The number of sulfonamides is 1. The van der Waals surface area contributed by atoms with Crippen LogP contribution < -0.4 is 26.7 Å². The molecule has 0 unspecified atom stereocenters. The molecule has 1 fully saturated rings. The smallest absolute Gasteiger partial charge is 0.266 e. The monoisotopic (exact) mass is 600 g/mol. The van der Waals surface area contributed by atoms with Gasteiger partial charge in [0.15, 0.2) is 0 Å². The number of likely N-dealkylation sites (tertiary alicyclic amines) is 1. The van der Waals surface area contributed by atoms with Gasteiger partial charge in [-0.05, 0) is 74.8 Å². The van der Waals surface area contributed by atoms with Crippen LogP contribution in [-0.2, 0) is 30.8 Å². The van der Waals surface area contributed by atoms with E-state index in [1.54, 1.807) is 56.0 Å². The molecule has 2 atom stereocenters. The van der Waals surface area contributed by atoms with E-state index < -0.39 is 40.3 Å². The Morgan fingerprint density at radius 1 is 1.02 bits per heavy atom. The Morgan fingerprint density at radius 2 is 1.64 bits per heavy atom. The molecule has 13 heteroatoms. The first-order chi connectivity index (χ1) is 19.7. The van der Waals surface area contributed by atoms with Crippen LogP contribution in [0.15, 0.2) is 40.2 Å². The maximum atomic E-state index is 13.4. The van der Waals surface area contributed by atoms with E-state index in [0.29, 0.717) is 34.4 Å². The van der Waals surface area contributed by atoms with Crippen molar-refractivity contribution in [1.29, 1.82) is 0 Å². The highest BCUT2D eigenvalue weighted by atomic mass is 32.2. The van der Waals surface area contributed by atoms with Gasteiger partial charge in [0, 0.05) is 18.7 Å². The van der Waals surface area contributed by atoms with Gasteiger partial charge in [0.05, 0.1) is 24.5 Å². The topological polar surface area (TPSA) is 200 Å². The van der Waals surface area contributed by atoms with Crippen molar-refractivity contribution < 1.29 is 27.5 Å². The van der Waals surface area contributed by atoms with Crippen molar-refractivity contribution in [3.8, 4) is 5.75 Å². The number of carbonyl (C=O) groups is 3. The molecule has 228 valence electrons. The lowest BCUT2D eigenvalue weighted by atomic mass is 10.0. The van der Waals surface area contributed by atoms with Gasteiger partial charge in [-0.1, -0.05) is 24.3 Å². The van der Waals surface area contributed by atoms with Crippen LogP contribution in [0, 0.1) is 20.8 Å². The molecule has 0 saturated carbocycles. The number of rotatable bonds is 11. The Kier molecular flexibility index (Phi) is 10.8. The summed E-state index contributed by atoms with van der Waals surface area (Å²) in [5.74, 6) is -1.62. The summed E-state index contributed by atoms with van der Waals surface area (Å²) in [6, 6.07) is 6.03. The van der Waals surface area contributed by atoms with Gasteiger partial charge in [0.2, 0.25) is 21.8 Å². The first-order valence-corrected chi connectivity index (χ1v) is 15.2. The second-order valence-electron chi connectivity index (χ2n) is 10.5. The number of aliphatic imine (C=N–C) groups is 1. The average Bonchev–Trinajstić information content (AvgIpc) is 2.94. The zero-order valence-corrected chi connectivity index (χ0v) is 25.3. The summed E-state index contributed by atoms with van der Waals surface area (Å²) in [5, 5.41) is 0. The zero-order valence-electron chi connectivity index (χ0n) is 24.5. The Morgan fingerprint density at radius 3 is 2.21 bits per heavy atom. The Hall–Kier alpha value is -3.81. The number of nitrogens with zero attached hydrogens (tertiary/aromatic N) is 2. The van der Waals surface area contributed by atoms with Crippen LogP contribution in [0.4, 0.5) is 0 Å². The third-order valence-electron chi connectivity index (χ3n) is 7.39. The first kappa shape index (κ1) is 32.7. The number of aryl methyl sites for hydroxylation is 1. The van der Waals surface area contributed by atoms with E-state index in [1.807, 2.05) is 0 Å². The number of amides is 3. The number of methoxy groups -OCH3 is 1. The molecule has 12 nitrogen and oxygen atoms in total. The standard InChI is InChI=1S/C29H40N6O6S/c1-17-14-24(41-4)18(2)19(3)26(17)42(39,40)34-23(16-25(31)36)28(37)33-27(32)21-10-8-20(9-11-21)15-22(30)29(38)35-12-6-5-7-13-35/h8-11,14,22-23,34H,5-7,12-13,15-16,30H2,1-4H3,(H2,31,36)(H2,32,33,37)/t22-,23+/m1/s1. The normalized spacial score (nSPS) is 15.6. The minimum Gasteiger partial charge on any atom is -0.496 e. The molecule has 0 bridgehead atoms. The Bertz CT molecular complexity index is 1470. The molecule has 0 spiro atoms. The molecule has 0 radical (unpaired) electrons. The number of ether oxygens (including phenoxy) is 1. The lowest BCUT2D eigenvalue weighted by Gasteiger charge is -2.29. The molecule has 2 aromatic carbocycles. The number of nitrogens with one attached hydrogen (secondary N) is 1. The van der Waals surface area contributed by atoms with Crippen molar-refractivity contribution in [1.82, 2.24) is 9.62 Å². The van der Waals surface area contributed by atoms with E-state index in [4.69, 9.17) is 21.9 Å². The minimum atomic E-state index is -4.28. The van der Waals surface area contributed by atoms with Crippen LogP contribution in [0.2, 0.25) is 0 Å². The fourth-order valence-electron chi connectivity index (χ4n) is 5.04. The van der Waals surface area contributed by atoms with Gasteiger partial charge in [0.1, 0.15) is 17.6 Å². The van der Waals surface area contributed by atoms with E-state index >= 15 is 0 Å². The van der Waals surface area contributed by atoms with Gasteiger partial charge in [-0.3, -0.25) is 14.4 Å². The molecular weight excluding hydrogens is 560 g/mol. The second kappa shape index (κ2) is 13.9. The fraction of sp³-hybridized carbons (Fsp3) is 0.448. The van der Waals surface area contributed by atoms with Crippen LogP contribution >= 0.6 is 0 Å². The average molecular weight is 601 g/mol. The summed E-state index contributed by atoms with van der Waals surface area (Å²) in [6.07, 6.45) is 2.78. The van der Waals surface area contributed by atoms with E-state index in [-0.39, 0.29) is 16.6 Å². The highest BCUT2D eigenvalue weighted by Crippen LogP contribution is 2.30. The van der Waals surface area contributed by atoms with E-state index in [9.17, 15) is 22.8 Å². The van der Waals surface area contributed by atoms with Crippen LogP contribution in [-0.4, -0.2) is 69.2 Å². The molecule has 1 aliphatic rings. The maximum Gasteiger partial charge on any atom is 0.266 e. The van der Waals surface area contributed by atoms with Crippen LogP contribution in [0.5, 0.6) is 5.75 Å². The number of hydrogen-bond acceptors (Lipinski definition) is 7. The minimum absolute atomic E-state index is 0.0346.